The number of unbranched alkanes of at least 4 members (excludes halogenated alkanes) is 1. The van der Waals surface area contributed by atoms with Gasteiger partial charge in [-0.05, 0) is 23.8 Å². The van der Waals surface area contributed by atoms with Crippen LogP contribution in [0.3, 0.4) is 0 Å². The maximum absolute atomic E-state index is 13.0. The number of thiophene rings is 1. The van der Waals surface area contributed by atoms with E-state index in [9.17, 15) is 4.39 Å². The molecule has 0 aliphatic carbocycles. The highest BCUT2D eigenvalue weighted by molar-refractivity contribution is 7.09. The van der Waals surface area contributed by atoms with E-state index < -0.39 is 0 Å². The molecule has 0 aliphatic rings. The topological polar surface area (TPSA) is 0 Å². The highest BCUT2D eigenvalue weighted by Crippen LogP contribution is 2.21. The fraction of sp³-hybridized carbons (Fsp3) is 0.636. The summed E-state index contributed by atoms with van der Waals surface area (Å²) in [6.45, 7) is 4.40. The van der Waals surface area contributed by atoms with Gasteiger partial charge in [-0.1, -0.05) is 33.1 Å². The molecule has 0 nitrogen and oxygen atoms in total. The summed E-state index contributed by atoms with van der Waals surface area (Å²) in [5.74, 6) is 0.599. The summed E-state index contributed by atoms with van der Waals surface area (Å²) >= 11 is 1.54. The predicted molar refractivity (Wildman–Crippen MR) is 56.7 cm³/mol. The van der Waals surface area contributed by atoms with Crippen molar-refractivity contribution >= 4 is 11.3 Å². The summed E-state index contributed by atoms with van der Waals surface area (Å²) in [5.41, 5.74) is 0. The average molecular weight is 200 g/mol. The fourth-order valence-corrected chi connectivity index (χ4v) is 2.36. The second kappa shape index (κ2) is 5.38. The molecule has 13 heavy (non-hydrogen) atoms. The van der Waals surface area contributed by atoms with Crippen molar-refractivity contribution in [2.24, 2.45) is 5.92 Å². The summed E-state index contributed by atoms with van der Waals surface area (Å²) in [7, 11) is 0. The van der Waals surface area contributed by atoms with Gasteiger partial charge in [-0.3, -0.25) is 0 Å². The zero-order chi connectivity index (χ0) is 9.68. The van der Waals surface area contributed by atoms with E-state index in [4.69, 9.17) is 0 Å². The van der Waals surface area contributed by atoms with Crippen LogP contribution in [-0.2, 0) is 6.42 Å². The van der Waals surface area contributed by atoms with E-state index in [0.29, 0.717) is 5.92 Å². The van der Waals surface area contributed by atoms with Crippen molar-refractivity contribution < 1.29 is 4.39 Å². The van der Waals surface area contributed by atoms with Gasteiger partial charge in [0.15, 0.2) is 0 Å². The van der Waals surface area contributed by atoms with E-state index >= 15 is 0 Å². The van der Waals surface area contributed by atoms with Crippen LogP contribution in [0, 0.1) is 11.7 Å². The Balaban J connectivity index is 2.36. The first-order chi connectivity index (χ1) is 6.24. The Kier molecular flexibility index (Phi) is 4.43. The molecule has 0 spiro atoms. The number of hydrogen-bond donors (Lipinski definition) is 0. The lowest BCUT2D eigenvalue weighted by Crippen LogP contribution is -1.99. The first-order valence-corrected chi connectivity index (χ1v) is 5.83. The van der Waals surface area contributed by atoms with Crippen LogP contribution in [0.2, 0.25) is 0 Å². The van der Waals surface area contributed by atoms with Crippen molar-refractivity contribution in [2.45, 2.75) is 39.5 Å². The van der Waals surface area contributed by atoms with Crippen LogP contribution >= 0.6 is 11.3 Å². The quantitative estimate of drug-likeness (QED) is 0.666. The molecule has 0 N–H and O–H groups in total. The van der Waals surface area contributed by atoms with Crippen LogP contribution in [0.1, 0.15) is 38.0 Å². The Hall–Kier alpha value is -0.370. The molecule has 0 fully saturated rings. The van der Waals surface area contributed by atoms with Gasteiger partial charge in [0.25, 0.3) is 0 Å². The Morgan fingerprint density at radius 1 is 1.54 bits per heavy atom. The van der Waals surface area contributed by atoms with Gasteiger partial charge in [-0.25, -0.2) is 4.39 Å². The Morgan fingerprint density at radius 3 is 2.85 bits per heavy atom. The van der Waals surface area contributed by atoms with E-state index in [1.165, 1.54) is 30.6 Å². The third-order valence-electron chi connectivity index (χ3n) is 2.28. The molecule has 1 atom stereocenters. The molecule has 74 valence electrons. The molecule has 1 unspecified atom stereocenters. The molecule has 0 aromatic carbocycles. The second-order valence-electron chi connectivity index (χ2n) is 3.64. The van der Waals surface area contributed by atoms with E-state index in [1.54, 1.807) is 6.07 Å². The van der Waals surface area contributed by atoms with Gasteiger partial charge in [0, 0.05) is 4.88 Å². The smallest absolute Gasteiger partial charge is 0.137 e. The summed E-state index contributed by atoms with van der Waals surface area (Å²) in [6, 6.07) is 1.56. The van der Waals surface area contributed by atoms with Gasteiger partial charge in [0.1, 0.15) is 5.82 Å². The largest absolute Gasteiger partial charge is 0.206 e. The minimum Gasteiger partial charge on any atom is -0.206 e. The molecule has 1 rings (SSSR count). The van der Waals surface area contributed by atoms with Crippen molar-refractivity contribution in [3.05, 3.63) is 22.1 Å². The van der Waals surface area contributed by atoms with Crippen LogP contribution in [0.4, 0.5) is 4.39 Å². The highest BCUT2D eigenvalue weighted by atomic mass is 32.1. The first kappa shape index (κ1) is 10.7. The molecule has 0 aliphatic heterocycles. The average Bonchev–Trinajstić information content (AvgIpc) is 2.48. The maximum atomic E-state index is 13.0. The molecule has 0 saturated carbocycles. The Labute approximate surface area is 83.8 Å². The van der Waals surface area contributed by atoms with E-state index in [1.807, 2.05) is 5.38 Å². The lowest BCUT2D eigenvalue weighted by molar-refractivity contribution is 0.495. The summed E-state index contributed by atoms with van der Waals surface area (Å²) in [4.78, 5) is 0.920. The van der Waals surface area contributed by atoms with Gasteiger partial charge in [-0.15, -0.1) is 11.3 Å². The first-order valence-electron chi connectivity index (χ1n) is 4.96. The molecule has 0 bridgehead atoms. The molecule has 0 radical (unpaired) electrons. The van der Waals surface area contributed by atoms with Crippen LogP contribution in [0.25, 0.3) is 0 Å². The minimum atomic E-state index is -0.0200. The van der Waals surface area contributed by atoms with E-state index in [0.717, 1.165) is 11.3 Å². The SMILES string of the molecule is CCCCC(C)Cc1sccc1F. The van der Waals surface area contributed by atoms with Crippen LogP contribution in [0.15, 0.2) is 11.4 Å². The molecule has 0 saturated heterocycles. The highest BCUT2D eigenvalue weighted by Gasteiger charge is 2.08. The van der Waals surface area contributed by atoms with Crippen molar-refractivity contribution in [3.8, 4) is 0 Å². The number of hydrogen-bond acceptors (Lipinski definition) is 1. The number of halogens is 1. The van der Waals surface area contributed by atoms with Crippen LogP contribution in [-0.4, -0.2) is 0 Å². The van der Waals surface area contributed by atoms with Crippen molar-refractivity contribution in [1.82, 2.24) is 0 Å². The van der Waals surface area contributed by atoms with E-state index in [2.05, 4.69) is 13.8 Å². The predicted octanol–water partition coefficient (Wildman–Crippen LogP) is 4.26. The van der Waals surface area contributed by atoms with Gasteiger partial charge in [-0.2, -0.15) is 0 Å². The van der Waals surface area contributed by atoms with E-state index in [-0.39, 0.29) is 5.82 Å². The molecule has 0 amide bonds. The fourth-order valence-electron chi connectivity index (χ4n) is 1.44. The normalized spacial score (nSPS) is 13.2. The molecule has 1 aromatic heterocycles. The molecule has 1 heterocycles. The van der Waals surface area contributed by atoms with Gasteiger partial charge in [0.05, 0.1) is 0 Å². The zero-order valence-electron chi connectivity index (χ0n) is 8.35. The number of rotatable bonds is 5. The van der Waals surface area contributed by atoms with Crippen molar-refractivity contribution in [2.75, 3.05) is 0 Å². The lowest BCUT2D eigenvalue weighted by Gasteiger charge is -2.08. The standard InChI is InChI=1S/C11H17FS/c1-3-4-5-9(2)8-11-10(12)6-7-13-11/h6-7,9H,3-5,8H2,1-2H3. The summed E-state index contributed by atoms with van der Waals surface area (Å²) in [6.07, 6.45) is 4.61. The molecular formula is C11H17FS. The molecular weight excluding hydrogens is 183 g/mol. The molecule has 1 aromatic rings. The Bertz CT molecular complexity index is 242. The van der Waals surface area contributed by atoms with Gasteiger partial charge < -0.3 is 0 Å². The zero-order valence-corrected chi connectivity index (χ0v) is 9.16. The third kappa shape index (κ3) is 3.47. The van der Waals surface area contributed by atoms with Gasteiger partial charge >= 0.3 is 0 Å². The summed E-state index contributed by atoms with van der Waals surface area (Å²) in [5, 5.41) is 1.83. The second-order valence-corrected chi connectivity index (χ2v) is 4.64. The maximum Gasteiger partial charge on any atom is 0.137 e. The third-order valence-corrected chi connectivity index (χ3v) is 3.19. The van der Waals surface area contributed by atoms with Crippen LogP contribution in [0.5, 0.6) is 0 Å². The van der Waals surface area contributed by atoms with Crippen molar-refractivity contribution in [3.63, 3.8) is 0 Å². The monoisotopic (exact) mass is 200 g/mol. The van der Waals surface area contributed by atoms with Crippen molar-refractivity contribution in [1.29, 1.82) is 0 Å². The minimum absolute atomic E-state index is 0.0200. The Morgan fingerprint density at radius 2 is 2.31 bits per heavy atom. The summed E-state index contributed by atoms with van der Waals surface area (Å²) < 4.78 is 13.0. The van der Waals surface area contributed by atoms with Gasteiger partial charge in [0.2, 0.25) is 0 Å². The lowest BCUT2D eigenvalue weighted by atomic mass is 10.00. The molecule has 2 heteroatoms. The van der Waals surface area contributed by atoms with Crippen LogP contribution < -0.4 is 0 Å².